The summed E-state index contributed by atoms with van der Waals surface area (Å²) in [6.45, 7) is 1.65. The number of rotatable bonds is 4. The van der Waals surface area contributed by atoms with Gasteiger partial charge in [0.15, 0.2) is 0 Å². The van der Waals surface area contributed by atoms with Gasteiger partial charge in [-0.1, -0.05) is 17.2 Å². The summed E-state index contributed by atoms with van der Waals surface area (Å²) in [5.41, 5.74) is 10.1. The van der Waals surface area contributed by atoms with E-state index in [2.05, 4.69) is 10.0 Å². The smallest absolute Gasteiger partial charge is 0.122 e. The van der Waals surface area contributed by atoms with Crippen LogP contribution in [0.5, 0.6) is 5.75 Å². The zero-order valence-corrected chi connectivity index (χ0v) is 8.71. The van der Waals surface area contributed by atoms with Crippen molar-refractivity contribution in [2.24, 2.45) is 5.11 Å². The molecule has 1 aromatic rings. The average Bonchev–Trinajstić information content (AvgIpc) is 2.26. The van der Waals surface area contributed by atoms with Gasteiger partial charge in [0.05, 0.1) is 19.8 Å². The first-order chi connectivity index (χ1) is 7.24. The fourth-order valence-corrected chi connectivity index (χ4v) is 1.51. The quantitative estimate of drug-likeness (QED) is 0.467. The third kappa shape index (κ3) is 2.40. The number of hydrogen-bond acceptors (Lipinski definition) is 3. The molecule has 0 aromatic heterocycles. The number of methoxy groups -OCH3 is 1. The maximum absolute atomic E-state index is 9.13. The Labute approximate surface area is 87.9 Å². The molecule has 0 spiro atoms. The van der Waals surface area contributed by atoms with Gasteiger partial charge in [-0.3, -0.25) is 0 Å². The van der Waals surface area contributed by atoms with Crippen molar-refractivity contribution in [3.05, 3.63) is 39.8 Å². The van der Waals surface area contributed by atoms with Gasteiger partial charge in [0.25, 0.3) is 0 Å². The summed E-state index contributed by atoms with van der Waals surface area (Å²) in [5.74, 6) is 0.626. The van der Waals surface area contributed by atoms with Gasteiger partial charge < -0.3 is 9.84 Å². The van der Waals surface area contributed by atoms with E-state index in [4.69, 9.17) is 15.4 Å². The Morgan fingerprint density at radius 3 is 2.87 bits per heavy atom. The van der Waals surface area contributed by atoms with Crippen LogP contribution in [-0.4, -0.2) is 18.8 Å². The number of aliphatic hydroxyl groups excluding tert-OH is 1. The highest BCUT2D eigenvalue weighted by molar-refractivity contribution is 5.42. The van der Waals surface area contributed by atoms with Crippen molar-refractivity contribution in [2.45, 2.75) is 13.0 Å². The van der Waals surface area contributed by atoms with Crippen molar-refractivity contribution in [3.63, 3.8) is 0 Å². The van der Waals surface area contributed by atoms with Crippen LogP contribution in [0.2, 0.25) is 0 Å². The van der Waals surface area contributed by atoms with Gasteiger partial charge >= 0.3 is 0 Å². The lowest BCUT2D eigenvalue weighted by Crippen LogP contribution is -2.05. The van der Waals surface area contributed by atoms with Crippen molar-refractivity contribution in [3.8, 4) is 5.75 Å². The van der Waals surface area contributed by atoms with E-state index in [0.29, 0.717) is 5.75 Å². The number of ether oxygens (including phenoxy) is 1. The van der Waals surface area contributed by atoms with E-state index in [-0.39, 0.29) is 6.61 Å². The van der Waals surface area contributed by atoms with Crippen molar-refractivity contribution in [2.75, 3.05) is 13.7 Å². The average molecular weight is 207 g/mol. The van der Waals surface area contributed by atoms with E-state index in [1.807, 2.05) is 19.1 Å². The lowest BCUT2D eigenvalue weighted by atomic mass is 10.0. The Morgan fingerprint density at radius 2 is 2.33 bits per heavy atom. The largest absolute Gasteiger partial charge is 0.496 e. The number of benzene rings is 1. The molecule has 0 aliphatic rings. The van der Waals surface area contributed by atoms with Gasteiger partial charge in [0.2, 0.25) is 0 Å². The Bertz CT molecular complexity index is 386. The highest BCUT2D eigenvalue weighted by Crippen LogP contribution is 2.30. The summed E-state index contributed by atoms with van der Waals surface area (Å²) in [6, 6.07) is 4.92. The van der Waals surface area contributed by atoms with E-state index in [0.717, 1.165) is 11.1 Å². The zero-order valence-electron chi connectivity index (χ0n) is 8.71. The van der Waals surface area contributed by atoms with Gasteiger partial charge in [-0.05, 0) is 24.1 Å². The number of aliphatic hydroxyl groups is 1. The Hall–Kier alpha value is -1.71. The molecular formula is C10H13N3O2. The molecule has 1 N–H and O–H groups in total. The van der Waals surface area contributed by atoms with Gasteiger partial charge in [0, 0.05) is 10.5 Å². The highest BCUT2D eigenvalue weighted by atomic mass is 16.5. The Kier molecular flexibility index (Phi) is 3.97. The second-order valence-electron chi connectivity index (χ2n) is 3.09. The van der Waals surface area contributed by atoms with Crippen LogP contribution in [0.3, 0.4) is 0 Å². The first-order valence-electron chi connectivity index (χ1n) is 4.53. The molecule has 5 heteroatoms. The summed E-state index contributed by atoms with van der Waals surface area (Å²) < 4.78 is 5.16. The molecule has 5 nitrogen and oxygen atoms in total. The van der Waals surface area contributed by atoms with Crippen molar-refractivity contribution in [1.82, 2.24) is 0 Å². The molecule has 1 aromatic carbocycles. The molecule has 1 atom stereocenters. The minimum atomic E-state index is -0.592. The third-order valence-electron chi connectivity index (χ3n) is 2.20. The summed E-state index contributed by atoms with van der Waals surface area (Å²) in [4.78, 5) is 2.71. The molecule has 0 aliphatic carbocycles. The molecule has 0 fully saturated rings. The van der Waals surface area contributed by atoms with E-state index < -0.39 is 6.04 Å². The Balaban J connectivity index is 3.25. The van der Waals surface area contributed by atoms with Crippen LogP contribution in [0.4, 0.5) is 0 Å². The normalized spacial score (nSPS) is 11.7. The number of aryl methyl sites for hydroxylation is 1. The molecule has 80 valence electrons. The molecule has 0 aliphatic heterocycles. The number of nitrogens with zero attached hydrogens (tertiary/aromatic N) is 3. The first kappa shape index (κ1) is 11.4. The van der Waals surface area contributed by atoms with E-state index in [1.165, 1.54) is 0 Å². The lowest BCUT2D eigenvalue weighted by molar-refractivity contribution is 0.264. The summed E-state index contributed by atoms with van der Waals surface area (Å²) in [7, 11) is 1.54. The van der Waals surface area contributed by atoms with Crippen molar-refractivity contribution < 1.29 is 9.84 Å². The topological polar surface area (TPSA) is 78.2 Å². The maximum Gasteiger partial charge on any atom is 0.122 e. The van der Waals surface area contributed by atoms with E-state index in [1.54, 1.807) is 13.2 Å². The summed E-state index contributed by atoms with van der Waals surface area (Å²) in [5, 5.41) is 12.7. The van der Waals surface area contributed by atoms with Crippen molar-refractivity contribution >= 4 is 0 Å². The van der Waals surface area contributed by atoms with E-state index >= 15 is 0 Å². The first-order valence-corrected chi connectivity index (χ1v) is 4.53. The molecule has 0 bridgehead atoms. The molecule has 0 unspecified atom stereocenters. The molecule has 0 saturated heterocycles. The van der Waals surface area contributed by atoms with Crippen molar-refractivity contribution in [1.29, 1.82) is 0 Å². The van der Waals surface area contributed by atoms with Crippen LogP contribution in [0.25, 0.3) is 10.4 Å². The molecule has 0 saturated carbocycles. The predicted molar refractivity (Wildman–Crippen MR) is 56.7 cm³/mol. The van der Waals surface area contributed by atoms with Gasteiger partial charge in [-0.25, -0.2) is 0 Å². The molecular weight excluding hydrogens is 194 g/mol. The second-order valence-corrected chi connectivity index (χ2v) is 3.09. The SMILES string of the molecule is COc1cccc(C)c1[C@H](CO)N=[N+]=[N-]. The number of hydrogen-bond donors (Lipinski definition) is 1. The van der Waals surface area contributed by atoms with Crippen LogP contribution in [0.15, 0.2) is 23.3 Å². The second kappa shape index (κ2) is 5.24. The molecule has 15 heavy (non-hydrogen) atoms. The van der Waals surface area contributed by atoms with Crippen LogP contribution < -0.4 is 4.74 Å². The van der Waals surface area contributed by atoms with Gasteiger partial charge in [0.1, 0.15) is 5.75 Å². The maximum atomic E-state index is 9.13. The van der Waals surface area contributed by atoms with Crippen LogP contribution >= 0.6 is 0 Å². The fourth-order valence-electron chi connectivity index (χ4n) is 1.51. The van der Waals surface area contributed by atoms with Crippen LogP contribution in [-0.2, 0) is 0 Å². The highest BCUT2D eigenvalue weighted by Gasteiger charge is 2.15. The minimum Gasteiger partial charge on any atom is -0.496 e. The summed E-state index contributed by atoms with van der Waals surface area (Å²) in [6.07, 6.45) is 0. The van der Waals surface area contributed by atoms with Gasteiger partial charge in [-0.2, -0.15) is 0 Å². The molecule has 1 rings (SSSR count). The van der Waals surface area contributed by atoms with Crippen LogP contribution in [0.1, 0.15) is 17.2 Å². The summed E-state index contributed by atoms with van der Waals surface area (Å²) >= 11 is 0. The number of azide groups is 1. The molecule has 0 heterocycles. The van der Waals surface area contributed by atoms with E-state index in [9.17, 15) is 0 Å². The van der Waals surface area contributed by atoms with Crippen LogP contribution in [0, 0.1) is 6.92 Å². The predicted octanol–water partition coefficient (Wildman–Crippen LogP) is 2.35. The standard InChI is InChI=1S/C10H13N3O2/c1-7-4-3-5-9(15-2)10(7)8(6-14)12-13-11/h3-5,8,14H,6H2,1-2H3/t8-/m0/s1. The fraction of sp³-hybridized carbons (Fsp3) is 0.400. The third-order valence-corrected chi connectivity index (χ3v) is 2.20. The monoisotopic (exact) mass is 207 g/mol. The van der Waals surface area contributed by atoms with Gasteiger partial charge in [-0.15, -0.1) is 0 Å². The Morgan fingerprint density at radius 1 is 1.60 bits per heavy atom. The minimum absolute atomic E-state index is 0.231. The molecule has 0 amide bonds. The molecule has 0 radical (unpaired) electrons. The lowest BCUT2D eigenvalue weighted by Gasteiger charge is -2.15. The zero-order chi connectivity index (χ0) is 11.3.